The lowest BCUT2D eigenvalue weighted by Gasteiger charge is -2.63. The van der Waals surface area contributed by atoms with Gasteiger partial charge >= 0.3 is 5.97 Å². The molecule has 0 aromatic heterocycles. The molecule has 0 aliphatic heterocycles. The van der Waals surface area contributed by atoms with E-state index in [1.54, 1.807) is 0 Å². The molecule has 4 aliphatic carbocycles. The Labute approximate surface area is 222 Å². The fourth-order valence-corrected chi connectivity index (χ4v) is 10.9. The number of aliphatic hydroxyl groups is 1. The minimum Gasteiger partial charge on any atom is -0.469 e. The van der Waals surface area contributed by atoms with Crippen molar-refractivity contribution in [1.29, 1.82) is 0 Å². The second kappa shape index (κ2) is 9.97. The van der Waals surface area contributed by atoms with Gasteiger partial charge in [-0.1, -0.05) is 41.5 Å². The van der Waals surface area contributed by atoms with Crippen molar-refractivity contribution in [1.82, 2.24) is 0 Å². The number of esters is 1. The molecule has 0 heterocycles. The summed E-state index contributed by atoms with van der Waals surface area (Å²) in [4.78, 5) is 11.8. The number of carbonyl (C=O) groups is 1. The third-order valence-electron chi connectivity index (χ3n) is 12.7. The first-order valence-corrected chi connectivity index (χ1v) is 18.0. The molecule has 0 unspecified atom stereocenters. The van der Waals surface area contributed by atoms with Crippen molar-refractivity contribution < 1.29 is 19.1 Å². The fourth-order valence-electron chi connectivity index (χ4n) is 9.51. The zero-order valence-corrected chi connectivity index (χ0v) is 25.9. The van der Waals surface area contributed by atoms with Crippen LogP contribution < -0.4 is 0 Å². The van der Waals surface area contributed by atoms with E-state index in [1.807, 2.05) is 0 Å². The normalized spacial score (nSPS) is 43.8. The van der Waals surface area contributed by atoms with E-state index < -0.39 is 8.32 Å². The van der Waals surface area contributed by atoms with Crippen LogP contribution in [0.15, 0.2) is 0 Å². The van der Waals surface area contributed by atoms with E-state index in [0.29, 0.717) is 58.9 Å². The molecule has 0 bridgehead atoms. The van der Waals surface area contributed by atoms with Crippen LogP contribution >= 0.6 is 0 Å². The van der Waals surface area contributed by atoms with Gasteiger partial charge in [0.1, 0.15) is 0 Å². The molecular weight excluding hydrogens is 464 g/mol. The maximum absolute atomic E-state index is 11.8. The maximum Gasteiger partial charge on any atom is 0.305 e. The Morgan fingerprint density at radius 2 is 1.67 bits per heavy atom. The number of hydrogen-bond acceptors (Lipinski definition) is 4. The van der Waals surface area contributed by atoms with E-state index in [9.17, 15) is 9.90 Å². The van der Waals surface area contributed by atoms with Gasteiger partial charge in [0.05, 0.1) is 13.2 Å². The number of methoxy groups -OCH3 is 1. The minimum absolute atomic E-state index is 0.0833. The van der Waals surface area contributed by atoms with Gasteiger partial charge in [0.25, 0.3) is 0 Å². The monoisotopic (exact) mass is 520 g/mol. The molecule has 4 saturated carbocycles. The molecule has 36 heavy (non-hydrogen) atoms. The van der Waals surface area contributed by atoms with Crippen LogP contribution in [0.3, 0.4) is 0 Å². The summed E-state index contributed by atoms with van der Waals surface area (Å²) < 4.78 is 11.8. The molecule has 0 radical (unpaired) electrons. The largest absolute Gasteiger partial charge is 0.469 e. The quantitative estimate of drug-likeness (QED) is 0.289. The zero-order chi connectivity index (χ0) is 26.7. The number of aliphatic hydroxyl groups excluding tert-OH is 1. The van der Waals surface area contributed by atoms with E-state index in [-0.39, 0.29) is 17.1 Å². The van der Waals surface area contributed by atoms with Crippen molar-refractivity contribution in [3.8, 4) is 0 Å². The summed E-state index contributed by atoms with van der Waals surface area (Å²) in [6.45, 7) is 19.3. The average molecular weight is 521 g/mol. The molecule has 0 saturated heterocycles. The van der Waals surface area contributed by atoms with Crippen LogP contribution in [0.1, 0.15) is 106 Å². The van der Waals surface area contributed by atoms with Gasteiger partial charge in [-0.3, -0.25) is 4.79 Å². The predicted octanol–water partition coefficient (Wildman–Crippen LogP) is 7.60. The number of ether oxygens (including phenoxy) is 1. The summed E-state index contributed by atoms with van der Waals surface area (Å²) in [6, 6.07) is 0. The van der Waals surface area contributed by atoms with Gasteiger partial charge in [-0.05, 0) is 122 Å². The van der Waals surface area contributed by atoms with E-state index in [0.717, 1.165) is 19.3 Å². The topological polar surface area (TPSA) is 55.8 Å². The van der Waals surface area contributed by atoms with Crippen LogP contribution in [0.2, 0.25) is 18.1 Å². The Hall–Kier alpha value is -0.393. The molecule has 4 nitrogen and oxygen atoms in total. The van der Waals surface area contributed by atoms with Crippen LogP contribution in [0.5, 0.6) is 0 Å². The summed E-state index contributed by atoms with van der Waals surface area (Å²) in [6.07, 6.45) is 11.2. The smallest absolute Gasteiger partial charge is 0.305 e. The number of fused-ring (bicyclic) bond motifs is 5. The van der Waals surface area contributed by atoms with Crippen LogP contribution in [0.4, 0.5) is 0 Å². The van der Waals surface area contributed by atoms with E-state index in [4.69, 9.17) is 9.16 Å². The van der Waals surface area contributed by atoms with E-state index in [1.165, 1.54) is 45.6 Å². The van der Waals surface area contributed by atoms with Crippen LogP contribution in [-0.2, 0) is 14.0 Å². The molecule has 10 atom stereocenters. The lowest BCUT2D eigenvalue weighted by Crippen LogP contribution is -2.59. The van der Waals surface area contributed by atoms with E-state index in [2.05, 4.69) is 54.6 Å². The van der Waals surface area contributed by atoms with Crippen LogP contribution in [0.25, 0.3) is 0 Å². The SMILES string of the molecule is COC(=O)CC[C@@H](C)[C@H]1CC[C@H]2[C@@H]3[C@H](O)C[C@H]4C[C@H](O[Si](C)(C)C(C)(C)C)CC[C@]4(C)[C@H]3CC[C@]12C. The first-order chi connectivity index (χ1) is 16.6. The molecule has 5 heteroatoms. The Kier molecular flexibility index (Phi) is 7.93. The number of hydrogen-bond donors (Lipinski definition) is 1. The molecular formula is C31H56O4Si. The maximum atomic E-state index is 11.8. The summed E-state index contributed by atoms with van der Waals surface area (Å²) in [5.41, 5.74) is 0.636. The highest BCUT2D eigenvalue weighted by atomic mass is 28.4. The molecule has 208 valence electrons. The minimum atomic E-state index is -1.78. The fraction of sp³-hybridized carbons (Fsp3) is 0.968. The van der Waals surface area contributed by atoms with Crippen molar-refractivity contribution in [2.75, 3.05) is 7.11 Å². The highest BCUT2D eigenvalue weighted by Gasteiger charge is 2.63. The molecule has 0 aromatic carbocycles. The summed E-state index contributed by atoms with van der Waals surface area (Å²) >= 11 is 0. The first kappa shape index (κ1) is 28.6. The summed E-state index contributed by atoms with van der Waals surface area (Å²) in [5.74, 6) is 3.39. The van der Waals surface area contributed by atoms with Gasteiger partial charge in [-0.15, -0.1) is 0 Å². The zero-order valence-electron chi connectivity index (χ0n) is 24.9. The lowest BCUT2D eigenvalue weighted by molar-refractivity contribution is -0.173. The van der Waals surface area contributed by atoms with Crippen LogP contribution in [-0.4, -0.2) is 38.7 Å². The van der Waals surface area contributed by atoms with Gasteiger partial charge < -0.3 is 14.3 Å². The van der Waals surface area contributed by atoms with Gasteiger partial charge in [0.15, 0.2) is 8.32 Å². The van der Waals surface area contributed by atoms with Crippen molar-refractivity contribution in [2.24, 2.45) is 46.3 Å². The van der Waals surface area contributed by atoms with Gasteiger partial charge in [-0.2, -0.15) is 0 Å². The Balaban J connectivity index is 1.47. The van der Waals surface area contributed by atoms with E-state index >= 15 is 0 Å². The van der Waals surface area contributed by atoms with Crippen molar-refractivity contribution in [2.45, 2.75) is 136 Å². The molecule has 0 amide bonds. The third kappa shape index (κ3) is 4.88. The lowest BCUT2D eigenvalue weighted by atomic mass is 9.43. The van der Waals surface area contributed by atoms with Crippen molar-refractivity contribution >= 4 is 14.3 Å². The Bertz CT molecular complexity index is 805. The molecule has 4 rings (SSSR count). The van der Waals surface area contributed by atoms with Crippen molar-refractivity contribution in [3.05, 3.63) is 0 Å². The molecule has 4 fully saturated rings. The van der Waals surface area contributed by atoms with Gasteiger partial charge in [0, 0.05) is 12.5 Å². The molecule has 4 aliphatic rings. The second-order valence-electron chi connectivity index (χ2n) is 15.4. The number of rotatable bonds is 6. The standard InChI is InChI=1S/C31H56O4Si/c1-20(10-13-27(33)34-7)23-11-12-24-28-25(15-17-31(23,24)6)30(5)16-14-22(18-21(30)19-26(28)32)35-36(8,9)29(2,3)4/h20-26,28,32H,10-19H2,1-9H3/t20-,21-,22-,23-,24+,25+,26-,28+,30+,31-/m1/s1. The Morgan fingerprint density at radius 1 is 1.03 bits per heavy atom. The number of carbonyl (C=O) groups excluding carboxylic acids is 1. The third-order valence-corrected chi connectivity index (χ3v) is 17.2. The molecule has 1 N–H and O–H groups in total. The summed E-state index contributed by atoms with van der Waals surface area (Å²) in [7, 11) is -0.286. The second-order valence-corrected chi connectivity index (χ2v) is 20.1. The van der Waals surface area contributed by atoms with Crippen molar-refractivity contribution in [3.63, 3.8) is 0 Å². The first-order valence-electron chi connectivity index (χ1n) is 15.1. The highest BCUT2D eigenvalue weighted by molar-refractivity contribution is 6.74. The highest BCUT2D eigenvalue weighted by Crippen LogP contribution is 2.68. The summed E-state index contributed by atoms with van der Waals surface area (Å²) in [5, 5.41) is 11.9. The molecule has 0 spiro atoms. The Morgan fingerprint density at radius 3 is 2.31 bits per heavy atom. The molecule has 0 aromatic rings. The predicted molar refractivity (Wildman–Crippen MR) is 149 cm³/mol. The average Bonchev–Trinajstić information content (AvgIpc) is 3.14. The van der Waals surface area contributed by atoms with Gasteiger partial charge in [0.2, 0.25) is 0 Å². The van der Waals surface area contributed by atoms with Crippen LogP contribution in [0, 0.1) is 46.3 Å². The van der Waals surface area contributed by atoms with Gasteiger partial charge in [-0.25, -0.2) is 0 Å².